The zero-order chi connectivity index (χ0) is 30.4. The van der Waals surface area contributed by atoms with Crippen molar-refractivity contribution in [2.45, 2.75) is 118 Å². The van der Waals surface area contributed by atoms with Crippen molar-refractivity contribution in [2.24, 2.45) is 28.7 Å². The van der Waals surface area contributed by atoms with Gasteiger partial charge in [-0.15, -0.1) is 0 Å². The first-order valence-corrected chi connectivity index (χ1v) is 13.9. The van der Waals surface area contributed by atoms with Crippen molar-refractivity contribution in [2.75, 3.05) is 19.7 Å². The maximum atomic E-state index is 12.8. The second kappa shape index (κ2) is 15.2. The normalized spacial score (nSPS) is 42.3. The van der Waals surface area contributed by atoms with Crippen molar-refractivity contribution < 1.29 is 49.0 Å². The summed E-state index contributed by atoms with van der Waals surface area (Å²) < 4.78 is 24.0. The fourth-order valence-corrected chi connectivity index (χ4v) is 5.46. The van der Waals surface area contributed by atoms with Gasteiger partial charge in [0.25, 0.3) is 0 Å². The molecule has 2 heterocycles. The second-order valence-electron chi connectivity index (χ2n) is 10.9. The molecule has 41 heavy (non-hydrogen) atoms. The first-order valence-electron chi connectivity index (χ1n) is 13.9. The molecular formula is C24H47N7O10. The van der Waals surface area contributed by atoms with Crippen LogP contribution in [0.3, 0.4) is 0 Å². The highest BCUT2D eigenvalue weighted by atomic mass is 16.7. The lowest BCUT2D eigenvalue weighted by molar-refractivity contribution is -0.303. The average Bonchev–Trinajstić information content (AvgIpc) is 2.93. The number of hydrogen-bond donors (Lipinski definition) is 11. The van der Waals surface area contributed by atoms with E-state index in [1.807, 2.05) is 0 Å². The number of hydrogen-bond acceptors (Lipinski definition) is 15. The first-order chi connectivity index (χ1) is 19.4. The molecule has 3 rings (SSSR count). The first kappa shape index (κ1) is 33.9. The number of carbonyl (C=O) groups is 2. The van der Waals surface area contributed by atoms with Gasteiger partial charge in [-0.3, -0.25) is 9.59 Å². The van der Waals surface area contributed by atoms with E-state index in [9.17, 15) is 30.0 Å². The van der Waals surface area contributed by atoms with Gasteiger partial charge in [-0.1, -0.05) is 0 Å². The maximum absolute atomic E-state index is 12.8. The Hall–Kier alpha value is -1.58. The van der Waals surface area contributed by atoms with E-state index in [-0.39, 0.29) is 32.0 Å². The largest absolute Gasteiger partial charge is 0.394 e. The van der Waals surface area contributed by atoms with Crippen LogP contribution in [0.2, 0.25) is 0 Å². The Balaban J connectivity index is 1.94. The summed E-state index contributed by atoms with van der Waals surface area (Å²) in [6.45, 7) is 0.945. The van der Waals surface area contributed by atoms with E-state index in [2.05, 4.69) is 10.6 Å². The number of amides is 2. The van der Waals surface area contributed by atoms with Crippen LogP contribution in [0.1, 0.15) is 32.6 Å². The predicted octanol–water partition coefficient (Wildman–Crippen LogP) is -6.26. The van der Waals surface area contributed by atoms with Crippen molar-refractivity contribution in [3.05, 3.63) is 0 Å². The Morgan fingerprint density at radius 1 is 0.976 bits per heavy atom. The van der Waals surface area contributed by atoms with Crippen LogP contribution in [0.5, 0.6) is 0 Å². The standard InChI is InChI=1S/C24H47N7O10/c1-9(33)30-17-20(40-23-11(27)3-2-10(7-26)38-23)12(28)6-13(31-22(37)14(34)4-5-25)21(17)41-24-19(36)16(29)18(35)15(8-32)39-24/h10-21,23-24,32,34-36H,2-8,25-29H2,1H3,(H,30,33)(H,31,37)/t10?,11?,12-,13+,14-,15?,16-,17?,18+,19?,20?,21-,23+,24+/m0/s1. The molecule has 3 aliphatic rings. The molecule has 1 saturated carbocycles. The minimum atomic E-state index is -1.56. The smallest absolute Gasteiger partial charge is 0.249 e. The van der Waals surface area contributed by atoms with Gasteiger partial charge in [0.15, 0.2) is 12.6 Å². The Labute approximate surface area is 238 Å². The maximum Gasteiger partial charge on any atom is 0.249 e. The van der Waals surface area contributed by atoms with Gasteiger partial charge in [0.05, 0.1) is 43.0 Å². The van der Waals surface area contributed by atoms with Gasteiger partial charge < -0.3 is 78.7 Å². The predicted molar refractivity (Wildman–Crippen MR) is 142 cm³/mol. The van der Waals surface area contributed by atoms with Crippen LogP contribution in [-0.4, -0.2) is 137 Å². The number of aliphatic hydroxyl groups excluding tert-OH is 4. The van der Waals surface area contributed by atoms with Crippen LogP contribution in [0, 0.1) is 0 Å². The third-order valence-electron chi connectivity index (χ3n) is 7.77. The van der Waals surface area contributed by atoms with Crippen molar-refractivity contribution in [3.8, 4) is 0 Å². The highest BCUT2D eigenvalue weighted by molar-refractivity contribution is 5.81. The third-order valence-corrected chi connectivity index (χ3v) is 7.77. The van der Waals surface area contributed by atoms with Crippen molar-refractivity contribution in [3.63, 3.8) is 0 Å². The molecule has 2 saturated heterocycles. The monoisotopic (exact) mass is 593 g/mol. The van der Waals surface area contributed by atoms with Gasteiger partial charge in [0.2, 0.25) is 11.8 Å². The van der Waals surface area contributed by atoms with E-state index in [0.717, 1.165) is 0 Å². The molecule has 0 spiro atoms. The number of rotatable bonds is 11. The number of nitrogens with two attached hydrogens (primary N) is 5. The highest BCUT2D eigenvalue weighted by Gasteiger charge is 2.52. The number of aliphatic hydroxyl groups is 4. The summed E-state index contributed by atoms with van der Waals surface area (Å²) in [6, 6.07) is -4.56. The van der Waals surface area contributed by atoms with Crippen LogP contribution in [0.15, 0.2) is 0 Å². The molecule has 0 radical (unpaired) electrons. The zero-order valence-electron chi connectivity index (χ0n) is 23.2. The van der Waals surface area contributed by atoms with Crippen LogP contribution in [0.25, 0.3) is 0 Å². The van der Waals surface area contributed by atoms with Gasteiger partial charge in [-0.05, 0) is 32.2 Å². The summed E-state index contributed by atoms with van der Waals surface area (Å²) in [5.41, 5.74) is 30.0. The molecule has 2 amide bonds. The fraction of sp³-hybridized carbons (Fsp3) is 0.917. The molecule has 14 atom stereocenters. The summed E-state index contributed by atoms with van der Waals surface area (Å²) in [4.78, 5) is 25.2. The highest BCUT2D eigenvalue weighted by Crippen LogP contribution is 2.31. The van der Waals surface area contributed by atoms with Gasteiger partial charge in [0.1, 0.15) is 30.5 Å². The Bertz CT molecular complexity index is 860. The molecule has 238 valence electrons. The van der Waals surface area contributed by atoms with Gasteiger partial charge >= 0.3 is 0 Å². The van der Waals surface area contributed by atoms with E-state index in [0.29, 0.717) is 12.8 Å². The van der Waals surface area contributed by atoms with Crippen molar-refractivity contribution in [1.82, 2.24) is 10.6 Å². The van der Waals surface area contributed by atoms with Crippen molar-refractivity contribution in [1.29, 1.82) is 0 Å². The summed E-state index contributed by atoms with van der Waals surface area (Å²) in [7, 11) is 0. The summed E-state index contributed by atoms with van der Waals surface area (Å²) in [6.07, 6.45) is -9.16. The lowest BCUT2D eigenvalue weighted by Gasteiger charge is -2.50. The van der Waals surface area contributed by atoms with Crippen molar-refractivity contribution >= 4 is 11.8 Å². The molecule has 0 aromatic rings. The molecular weight excluding hydrogens is 546 g/mol. The second-order valence-corrected chi connectivity index (χ2v) is 10.9. The molecule has 6 unspecified atom stereocenters. The molecule has 17 heteroatoms. The Morgan fingerprint density at radius 2 is 1.66 bits per heavy atom. The van der Waals surface area contributed by atoms with E-state index < -0.39 is 97.8 Å². The van der Waals surface area contributed by atoms with Gasteiger partial charge in [0, 0.05) is 19.5 Å². The van der Waals surface area contributed by atoms with Crippen LogP contribution in [-0.2, 0) is 28.5 Å². The molecule has 0 aromatic carbocycles. The summed E-state index contributed by atoms with van der Waals surface area (Å²) >= 11 is 0. The van der Waals surface area contributed by atoms with Crippen LogP contribution in [0.4, 0.5) is 0 Å². The van der Waals surface area contributed by atoms with E-state index in [1.165, 1.54) is 6.92 Å². The minimum Gasteiger partial charge on any atom is -0.394 e. The van der Waals surface area contributed by atoms with Crippen LogP contribution >= 0.6 is 0 Å². The minimum absolute atomic E-state index is 0.00835. The molecule has 16 N–H and O–H groups in total. The lowest BCUT2D eigenvalue weighted by Crippen LogP contribution is -2.72. The zero-order valence-corrected chi connectivity index (χ0v) is 23.2. The molecule has 17 nitrogen and oxygen atoms in total. The van der Waals surface area contributed by atoms with Gasteiger partial charge in [-0.25, -0.2) is 0 Å². The molecule has 0 aromatic heterocycles. The SMILES string of the molecule is CC(=O)NC1C(O[C@H]2OC(CN)CCC2N)[C@@H](N)C[C@@H](NC(=O)[C@@H](O)CCN)[C@@H]1O[C@H]1OC(CO)[C@@H](O)[C@H](N)C1O. The fourth-order valence-electron chi connectivity index (χ4n) is 5.46. The van der Waals surface area contributed by atoms with E-state index >= 15 is 0 Å². The third kappa shape index (κ3) is 8.29. The topological polar surface area (TPSA) is 306 Å². The number of ether oxygens (including phenoxy) is 4. The van der Waals surface area contributed by atoms with Crippen LogP contribution < -0.4 is 39.3 Å². The van der Waals surface area contributed by atoms with E-state index in [1.54, 1.807) is 0 Å². The lowest BCUT2D eigenvalue weighted by atomic mass is 9.81. The molecule has 3 fully saturated rings. The molecule has 1 aliphatic carbocycles. The Morgan fingerprint density at radius 3 is 2.27 bits per heavy atom. The number of carbonyl (C=O) groups excluding carboxylic acids is 2. The average molecular weight is 594 g/mol. The Kier molecular flexibility index (Phi) is 12.6. The molecule has 2 aliphatic heterocycles. The quantitative estimate of drug-likeness (QED) is 0.106. The van der Waals surface area contributed by atoms with E-state index in [4.69, 9.17) is 47.6 Å². The van der Waals surface area contributed by atoms with Gasteiger partial charge in [-0.2, -0.15) is 0 Å². The summed E-state index contributed by atoms with van der Waals surface area (Å²) in [5.74, 6) is -1.24. The number of nitrogens with one attached hydrogen (secondary N) is 2. The molecule has 0 bridgehead atoms. The summed E-state index contributed by atoms with van der Waals surface area (Å²) in [5, 5.41) is 46.4.